The largest absolute Gasteiger partial charge is 0.496 e. The zero-order chi connectivity index (χ0) is 18.6. The van der Waals surface area contributed by atoms with E-state index in [0.29, 0.717) is 21.2 Å². The summed E-state index contributed by atoms with van der Waals surface area (Å²) in [5.74, 6) is 0.276. The lowest BCUT2D eigenvalue weighted by Gasteiger charge is -2.18. The first-order valence-electron chi connectivity index (χ1n) is 7.42. The van der Waals surface area contributed by atoms with Gasteiger partial charge in [-0.1, -0.05) is 11.6 Å². The van der Waals surface area contributed by atoms with Crippen LogP contribution in [0.25, 0.3) is 0 Å². The summed E-state index contributed by atoms with van der Waals surface area (Å²) in [4.78, 5) is 16.8. The minimum Gasteiger partial charge on any atom is -0.496 e. The summed E-state index contributed by atoms with van der Waals surface area (Å²) in [5.41, 5.74) is 0.0527. The second kappa shape index (κ2) is 7.72. The van der Waals surface area contributed by atoms with Crippen molar-refractivity contribution in [3.63, 3.8) is 0 Å². The predicted molar refractivity (Wildman–Crippen MR) is 96.3 cm³/mol. The molecule has 1 amide bonds. The second-order valence-corrected chi connectivity index (χ2v) is 7.49. The Morgan fingerprint density at radius 3 is 2.72 bits per heavy atom. The lowest BCUT2D eigenvalue weighted by molar-refractivity contribution is 0.0995. The molecule has 1 heterocycles. The molecule has 0 N–H and O–H groups in total. The van der Waals surface area contributed by atoms with Crippen LogP contribution in [0.5, 0.6) is 11.5 Å². The molecular formula is C17H18ClN3O3S. The van der Waals surface area contributed by atoms with Gasteiger partial charge in [-0.25, -0.2) is 0 Å². The van der Waals surface area contributed by atoms with Crippen molar-refractivity contribution in [2.75, 3.05) is 13.7 Å². The van der Waals surface area contributed by atoms with Crippen LogP contribution in [0.2, 0.25) is 5.02 Å². The van der Waals surface area contributed by atoms with Gasteiger partial charge in [0.2, 0.25) is 0 Å². The first kappa shape index (κ1) is 19.0. The van der Waals surface area contributed by atoms with Crippen LogP contribution in [0.1, 0.15) is 31.1 Å². The third-order valence-corrected chi connectivity index (χ3v) is 4.73. The lowest BCUT2D eigenvalue weighted by atomic mass is 10.1. The minimum absolute atomic E-state index is 0.127. The molecule has 0 saturated heterocycles. The highest BCUT2D eigenvalue weighted by molar-refractivity contribution is 7.04. The Kier molecular flexibility index (Phi) is 5.88. The molecule has 25 heavy (non-hydrogen) atoms. The number of carbonyl (C=O) groups excluding carboxylic acids is 1. The Morgan fingerprint density at radius 2 is 2.12 bits per heavy atom. The summed E-state index contributed by atoms with van der Waals surface area (Å²) in [6.45, 7) is 5.92. The van der Waals surface area contributed by atoms with Crippen LogP contribution >= 0.6 is 23.1 Å². The molecule has 1 aromatic carbocycles. The molecule has 0 atom stereocenters. The number of amides is 1. The van der Waals surface area contributed by atoms with Gasteiger partial charge >= 0.3 is 0 Å². The number of methoxy groups -OCH3 is 1. The number of nitrogens with zero attached hydrogens (tertiary/aromatic N) is 3. The van der Waals surface area contributed by atoms with Gasteiger partial charge in [-0.2, -0.15) is 10.3 Å². The fourth-order valence-corrected chi connectivity index (χ4v) is 3.05. The first-order chi connectivity index (χ1) is 11.8. The number of halogens is 1. The van der Waals surface area contributed by atoms with Crippen molar-refractivity contribution in [2.45, 2.75) is 26.3 Å². The maximum Gasteiger partial charge on any atom is 0.282 e. The van der Waals surface area contributed by atoms with E-state index in [0.717, 1.165) is 0 Å². The molecule has 2 rings (SSSR count). The van der Waals surface area contributed by atoms with Gasteiger partial charge in [0.05, 0.1) is 18.9 Å². The van der Waals surface area contributed by atoms with Crippen molar-refractivity contribution >= 4 is 29.0 Å². The fraction of sp³-hybridized carbons (Fsp3) is 0.353. The number of ether oxygens (including phenoxy) is 2. The number of rotatable bonds is 4. The third-order valence-electron chi connectivity index (χ3n) is 3.18. The van der Waals surface area contributed by atoms with Crippen LogP contribution < -0.4 is 14.1 Å². The number of hydrogen-bond acceptors (Lipinski definition) is 5. The molecule has 0 aliphatic rings. The monoisotopic (exact) mass is 379 g/mol. The SMILES string of the molecule is COc1ccc(Cl)cc1C(=O)/N=c1\sn(C(C)(C)C)cc1OCC#N. The van der Waals surface area contributed by atoms with Crippen molar-refractivity contribution in [3.05, 3.63) is 39.7 Å². The van der Waals surface area contributed by atoms with E-state index in [9.17, 15) is 4.79 Å². The normalized spacial score (nSPS) is 11.9. The maximum absolute atomic E-state index is 12.6. The van der Waals surface area contributed by atoms with Crippen molar-refractivity contribution in [3.8, 4) is 17.6 Å². The van der Waals surface area contributed by atoms with Gasteiger partial charge in [0.25, 0.3) is 5.91 Å². The van der Waals surface area contributed by atoms with Crippen molar-refractivity contribution in [2.24, 2.45) is 4.99 Å². The highest BCUT2D eigenvalue weighted by Gasteiger charge is 2.18. The van der Waals surface area contributed by atoms with Gasteiger partial charge in [-0.15, -0.1) is 0 Å². The average molecular weight is 380 g/mol. The van der Waals surface area contributed by atoms with Crippen molar-refractivity contribution in [1.29, 1.82) is 5.26 Å². The average Bonchev–Trinajstić information content (AvgIpc) is 2.95. The van der Waals surface area contributed by atoms with Gasteiger partial charge in [-0.05, 0) is 50.5 Å². The Hall–Kier alpha value is -2.30. The number of hydrogen-bond donors (Lipinski definition) is 0. The predicted octanol–water partition coefficient (Wildman–Crippen LogP) is 3.61. The molecule has 0 saturated carbocycles. The lowest BCUT2D eigenvalue weighted by Crippen LogP contribution is -2.18. The third kappa shape index (κ3) is 4.62. The second-order valence-electron chi connectivity index (χ2n) is 6.09. The zero-order valence-electron chi connectivity index (χ0n) is 14.4. The van der Waals surface area contributed by atoms with Crippen LogP contribution in [0.15, 0.2) is 29.4 Å². The Labute approximate surface area is 155 Å². The van der Waals surface area contributed by atoms with E-state index >= 15 is 0 Å². The Morgan fingerprint density at radius 1 is 1.40 bits per heavy atom. The van der Waals surface area contributed by atoms with E-state index in [2.05, 4.69) is 4.99 Å². The van der Waals surface area contributed by atoms with E-state index in [1.165, 1.54) is 24.7 Å². The summed E-state index contributed by atoms with van der Waals surface area (Å²) in [6, 6.07) is 6.67. The van der Waals surface area contributed by atoms with Gasteiger partial charge in [0.15, 0.2) is 17.0 Å². The van der Waals surface area contributed by atoms with Gasteiger partial charge in [0.1, 0.15) is 11.8 Å². The Balaban J connectivity index is 2.52. The number of aromatic nitrogens is 1. The van der Waals surface area contributed by atoms with Crippen LogP contribution in [-0.2, 0) is 5.54 Å². The maximum atomic E-state index is 12.6. The van der Waals surface area contributed by atoms with Gasteiger partial charge in [-0.3, -0.25) is 8.75 Å². The van der Waals surface area contributed by atoms with E-state index < -0.39 is 5.91 Å². The molecule has 0 spiro atoms. The van der Waals surface area contributed by atoms with Crippen LogP contribution in [-0.4, -0.2) is 23.6 Å². The van der Waals surface area contributed by atoms with Crippen molar-refractivity contribution < 1.29 is 14.3 Å². The number of nitriles is 1. The quantitative estimate of drug-likeness (QED) is 0.813. The number of carbonyl (C=O) groups is 1. The molecule has 132 valence electrons. The highest BCUT2D eigenvalue weighted by atomic mass is 35.5. The van der Waals surface area contributed by atoms with Crippen LogP contribution in [0, 0.1) is 11.3 Å². The van der Waals surface area contributed by atoms with E-state index in [4.69, 9.17) is 26.3 Å². The van der Waals surface area contributed by atoms with Crippen molar-refractivity contribution in [1.82, 2.24) is 3.96 Å². The smallest absolute Gasteiger partial charge is 0.282 e. The van der Waals surface area contributed by atoms with Gasteiger partial charge in [0, 0.05) is 10.6 Å². The molecule has 2 aromatic rings. The molecule has 0 bridgehead atoms. The van der Waals surface area contributed by atoms with Crippen LogP contribution in [0.4, 0.5) is 0 Å². The molecule has 6 nitrogen and oxygen atoms in total. The number of benzene rings is 1. The molecule has 0 fully saturated rings. The Bertz CT molecular complexity index is 888. The molecule has 1 aromatic heterocycles. The summed E-state index contributed by atoms with van der Waals surface area (Å²) in [6.07, 6.45) is 1.74. The molecule has 8 heteroatoms. The first-order valence-corrected chi connectivity index (χ1v) is 8.57. The standard InChI is InChI=1S/C17H18ClN3O3S/c1-17(2,3)21-10-14(24-8-7-19)16(25-21)20-15(22)12-9-11(18)5-6-13(12)23-4/h5-6,9-10H,8H2,1-4H3/b20-16-. The topological polar surface area (TPSA) is 76.6 Å². The van der Waals surface area contributed by atoms with Gasteiger partial charge < -0.3 is 9.47 Å². The van der Waals surface area contributed by atoms with E-state index in [-0.39, 0.29) is 17.7 Å². The molecule has 0 radical (unpaired) electrons. The molecule has 0 aliphatic heterocycles. The minimum atomic E-state index is -0.496. The molecule has 0 unspecified atom stereocenters. The summed E-state index contributed by atoms with van der Waals surface area (Å²) in [7, 11) is 1.47. The fourth-order valence-electron chi connectivity index (χ4n) is 1.94. The summed E-state index contributed by atoms with van der Waals surface area (Å²) >= 11 is 7.25. The van der Waals surface area contributed by atoms with E-state index in [1.807, 2.05) is 30.8 Å². The highest BCUT2D eigenvalue weighted by Crippen LogP contribution is 2.24. The molecule has 0 aliphatic carbocycles. The zero-order valence-corrected chi connectivity index (χ0v) is 15.9. The molecular weight excluding hydrogens is 362 g/mol. The summed E-state index contributed by atoms with van der Waals surface area (Å²) in [5, 5.41) is 9.15. The summed E-state index contributed by atoms with van der Waals surface area (Å²) < 4.78 is 12.9. The van der Waals surface area contributed by atoms with E-state index in [1.54, 1.807) is 18.3 Å². The van der Waals surface area contributed by atoms with Crippen LogP contribution in [0.3, 0.4) is 0 Å².